The fourth-order valence-corrected chi connectivity index (χ4v) is 5.16. The van der Waals surface area contributed by atoms with Gasteiger partial charge in [-0.2, -0.15) is 0 Å². The molecule has 2 aliphatic heterocycles. The third kappa shape index (κ3) is 4.31. The van der Waals surface area contributed by atoms with Gasteiger partial charge < -0.3 is 15.3 Å². The lowest BCUT2D eigenvalue weighted by Gasteiger charge is -2.39. The van der Waals surface area contributed by atoms with Crippen LogP contribution in [0.15, 0.2) is 66.7 Å². The first-order chi connectivity index (χ1) is 15.2. The summed E-state index contributed by atoms with van der Waals surface area (Å²) in [5, 5.41) is 13.4. The van der Waals surface area contributed by atoms with Crippen molar-refractivity contribution in [2.24, 2.45) is 0 Å². The molecule has 31 heavy (non-hydrogen) atoms. The smallest absolute Gasteiger partial charge is 0.123 e. The number of nitrogens with zero attached hydrogens (tertiary/aromatic N) is 1. The number of hydrogen-bond acceptors (Lipinski definition) is 3. The van der Waals surface area contributed by atoms with Crippen molar-refractivity contribution < 1.29 is 9.50 Å². The lowest BCUT2D eigenvalue weighted by Crippen LogP contribution is -2.36. The minimum atomic E-state index is -0.212. The van der Waals surface area contributed by atoms with Crippen LogP contribution in [0.25, 0.3) is 0 Å². The standard InChI is InChI=1S/C27H29FN2O/c28-23-5-7-24(8-6-23)30-16-13-22-18-25(31)9-10-26(22)27(30)17-19-1-3-20(4-2-19)21-11-14-29-15-12-21/h1-10,18,21,27,29,31H,11-17H2. The number of benzene rings is 3. The van der Waals surface area contributed by atoms with Gasteiger partial charge in [-0.15, -0.1) is 0 Å². The van der Waals surface area contributed by atoms with Gasteiger partial charge in [0.1, 0.15) is 11.6 Å². The molecule has 0 amide bonds. The number of aromatic hydroxyl groups is 1. The number of piperidine rings is 1. The molecule has 3 aromatic carbocycles. The van der Waals surface area contributed by atoms with Crippen LogP contribution in [-0.4, -0.2) is 24.7 Å². The van der Waals surface area contributed by atoms with E-state index in [0.29, 0.717) is 11.7 Å². The number of anilines is 1. The largest absolute Gasteiger partial charge is 0.508 e. The Morgan fingerprint density at radius 2 is 1.68 bits per heavy atom. The van der Waals surface area contributed by atoms with Gasteiger partial charge in [0.05, 0.1) is 6.04 Å². The van der Waals surface area contributed by atoms with Crippen molar-refractivity contribution in [2.75, 3.05) is 24.5 Å². The minimum Gasteiger partial charge on any atom is -0.508 e. The van der Waals surface area contributed by atoms with Crippen LogP contribution in [0.2, 0.25) is 0 Å². The molecule has 1 saturated heterocycles. The number of phenolic OH excluding ortho intramolecular Hbond substituents is 1. The normalized spacial score (nSPS) is 19.3. The first-order valence-corrected chi connectivity index (χ1v) is 11.3. The van der Waals surface area contributed by atoms with Crippen LogP contribution in [0.4, 0.5) is 10.1 Å². The molecule has 0 radical (unpaired) electrons. The molecule has 0 spiro atoms. The summed E-state index contributed by atoms with van der Waals surface area (Å²) in [6, 6.07) is 21.8. The van der Waals surface area contributed by atoms with E-state index in [-0.39, 0.29) is 11.9 Å². The molecule has 0 aliphatic carbocycles. The van der Waals surface area contributed by atoms with E-state index in [4.69, 9.17) is 0 Å². The van der Waals surface area contributed by atoms with E-state index in [1.165, 1.54) is 47.2 Å². The van der Waals surface area contributed by atoms with Crippen molar-refractivity contribution >= 4 is 5.69 Å². The number of rotatable bonds is 4. The molecule has 3 aromatic rings. The predicted octanol–water partition coefficient (Wildman–Crippen LogP) is 5.34. The number of nitrogens with one attached hydrogen (secondary N) is 1. The highest BCUT2D eigenvalue weighted by Crippen LogP contribution is 2.37. The van der Waals surface area contributed by atoms with E-state index in [1.54, 1.807) is 6.07 Å². The topological polar surface area (TPSA) is 35.5 Å². The summed E-state index contributed by atoms with van der Waals surface area (Å²) in [6.07, 6.45) is 4.16. The van der Waals surface area contributed by atoms with Crippen LogP contribution in [-0.2, 0) is 12.8 Å². The highest BCUT2D eigenvalue weighted by atomic mass is 19.1. The molecule has 1 unspecified atom stereocenters. The van der Waals surface area contributed by atoms with Gasteiger partial charge >= 0.3 is 0 Å². The highest BCUT2D eigenvalue weighted by molar-refractivity contribution is 5.53. The number of phenols is 1. The van der Waals surface area contributed by atoms with Crippen molar-refractivity contribution in [2.45, 2.75) is 37.6 Å². The van der Waals surface area contributed by atoms with E-state index < -0.39 is 0 Å². The van der Waals surface area contributed by atoms with E-state index in [1.807, 2.05) is 18.2 Å². The Morgan fingerprint density at radius 1 is 0.935 bits per heavy atom. The van der Waals surface area contributed by atoms with Gasteiger partial charge in [-0.05, 0) is 103 Å². The van der Waals surface area contributed by atoms with Crippen LogP contribution in [0.1, 0.15) is 47.1 Å². The van der Waals surface area contributed by atoms with Crippen LogP contribution in [0.3, 0.4) is 0 Å². The summed E-state index contributed by atoms with van der Waals surface area (Å²) in [7, 11) is 0. The van der Waals surface area contributed by atoms with Crippen LogP contribution >= 0.6 is 0 Å². The van der Waals surface area contributed by atoms with E-state index in [9.17, 15) is 9.50 Å². The fraction of sp³-hybridized carbons (Fsp3) is 0.333. The fourth-order valence-electron chi connectivity index (χ4n) is 5.16. The molecule has 0 aromatic heterocycles. The molecule has 1 atom stereocenters. The zero-order valence-electron chi connectivity index (χ0n) is 17.7. The second kappa shape index (κ2) is 8.72. The number of halogens is 1. The molecule has 0 saturated carbocycles. The summed E-state index contributed by atoms with van der Waals surface area (Å²) in [6.45, 7) is 3.05. The van der Waals surface area contributed by atoms with Gasteiger partial charge in [0.25, 0.3) is 0 Å². The second-order valence-corrected chi connectivity index (χ2v) is 8.79. The Bertz CT molecular complexity index is 1030. The average Bonchev–Trinajstić information content (AvgIpc) is 2.81. The third-order valence-electron chi connectivity index (χ3n) is 6.86. The predicted molar refractivity (Wildman–Crippen MR) is 123 cm³/mol. The van der Waals surface area contributed by atoms with Gasteiger partial charge in [0, 0.05) is 12.2 Å². The van der Waals surface area contributed by atoms with E-state index in [0.717, 1.165) is 38.2 Å². The zero-order chi connectivity index (χ0) is 21.2. The molecule has 2 aliphatic rings. The zero-order valence-corrected chi connectivity index (χ0v) is 17.7. The lowest BCUT2D eigenvalue weighted by molar-refractivity contribution is 0.460. The van der Waals surface area contributed by atoms with Gasteiger partial charge in [-0.3, -0.25) is 0 Å². The summed E-state index contributed by atoms with van der Waals surface area (Å²) >= 11 is 0. The SMILES string of the molecule is Oc1ccc2c(c1)CCN(c1ccc(F)cc1)C2Cc1ccc(C2CCNCC2)cc1. The van der Waals surface area contributed by atoms with Crippen molar-refractivity contribution in [3.8, 4) is 5.75 Å². The summed E-state index contributed by atoms with van der Waals surface area (Å²) in [4.78, 5) is 2.37. The molecule has 2 heterocycles. The van der Waals surface area contributed by atoms with Crippen molar-refractivity contribution in [3.05, 3.63) is 94.8 Å². The molecule has 5 rings (SSSR count). The minimum absolute atomic E-state index is 0.152. The van der Waals surface area contributed by atoms with Crippen molar-refractivity contribution in [1.82, 2.24) is 5.32 Å². The molecular formula is C27H29FN2O. The lowest BCUT2D eigenvalue weighted by atomic mass is 9.86. The average molecular weight is 417 g/mol. The number of fused-ring (bicyclic) bond motifs is 1. The van der Waals surface area contributed by atoms with Crippen LogP contribution < -0.4 is 10.2 Å². The van der Waals surface area contributed by atoms with Gasteiger partial charge in [-0.1, -0.05) is 30.3 Å². The van der Waals surface area contributed by atoms with Crippen molar-refractivity contribution in [1.29, 1.82) is 0 Å². The Morgan fingerprint density at radius 3 is 2.42 bits per heavy atom. The van der Waals surface area contributed by atoms with E-state index in [2.05, 4.69) is 40.5 Å². The maximum atomic E-state index is 13.5. The Hall–Kier alpha value is -2.85. The second-order valence-electron chi connectivity index (χ2n) is 8.79. The quantitative estimate of drug-likeness (QED) is 0.602. The molecule has 2 N–H and O–H groups in total. The van der Waals surface area contributed by atoms with Gasteiger partial charge in [-0.25, -0.2) is 4.39 Å². The van der Waals surface area contributed by atoms with E-state index >= 15 is 0 Å². The Balaban J connectivity index is 1.44. The summed E-state index contributed by atoms with van der Waals surface area (Å²) in [5.74, 6) is 0.764. The molecule has 160 valence electrons. The maximum absolute atomic E-state index is 13.5. The Kier molecular flexibility index (Phi) is 5.65. The molecular weight excluding hydrogens is 387 g/mol. The van der Waals surface area contributed by atoms with Crippen LogP contribution in [0, 0.1) is 5.82 Å². The highest BCUT2D eigenvalue weighted by Gasteiger charge is 2.28. The Labute approximate surface area is 183 Å². The van der Waals surface area contributed by atoms with Crippen LogP contribution in [0.5, 0.6) is 5.75 Å². The molecule has 1 fully saturated rings. The summed E-state index contributed by atoms with van der Waals surface area (Å²) < 4.78 is 13.5. The van der Waals surface area contributed by atoms with Gasteiger partial charge in [0.15, 0.2) is 0 Å². The number of hydrogen-bond donors (Lipinski definition) is 2. The maximum Gasteiger partial charge on any atom is 0.123 e. The molecule has 4 heteroatoms. The first kappa shape index (κ1) is 20.1. The third-order valence-corrected chi connectivity index (χ3v) is 6.86. The van der Waals surface area contributed by atoms with Gasteiger partial charge in [0.2, 0.25) is 0 Å². The monoisotopic (exact) mass is 416 g/mol. The first-order valence-electron chi connectivity index (χ1n) is 11.3. The molecule has 3 nitrogen and oxygen atoms in total. The summed E-state index contributed by atoms with van der Waals surface area (Å²) in [5.41, 5.74) is 6.23. The molecule has 0 bridgehead atoms. The van der Waals surface area contributed by atoms with Crippen molar-refractivity contribution in [3.63, 3.8) is 0 Å².